The smallest absolute Gasteiger partial charge is 0.230 e. The predicted octanol–water partition coefficient (Wildman–Crippen LogP) is -0.0140. The zero-order valence-corrected chi connectivity index (χ0v) is 9.42. The van der Waals surface area contributed by atoms with E-state index in [2.05, 4.69) is 9.97 Å². The van der Waals surface area contributed by atoms with Gasteiger partial charge >= 0.3 is 0 Å². The van der Waals surface area contributed by atoms with Crippen LogP contribution in [0.4, 0.5) is 0 Å². The summed E-state index contributed by atoms with van der Waals surface area (Å²) in [5.74, 6) is -0.638. The molecule has 2 rings (SSSR count). The lowest BCUT2D eigenvalue weighted by molar-refractivity contribution is -0.115. The van der Waals surface area contributed by atoms with Crippen LogP contribution in [0.15, 0.2) is 33.8 Å². The van der Waals surface area contributed by atoms with Crippen molar-refractivity contribution in [1.29, 1.82) is 0 Å². The molecule has 0 radical (unpaired) electrons. The van der Waals surface area contributed by atoms with Gasteiger partial charge in [-0.25, -0.2) is 9.97 Å². The second-order valence-electron chi connectivity index (χ2n) is 3.11. The van der Waals surface area contributed by atoms with Gasteiger partial charge in [0, 0.05) is 0 Å². The summed E-state index contributed by atoms with van der Waals surface area (Å²) in [6.45, 7) is 0. The number of carbonyl (C=O) groups excluding carboxylic acids is 1. The number of rotatable bonds is 5. The number of hydrogen-bond donors (Lipinski definition) is 1. The van der Waals surface area contributed by atoms with Gasteiger partial charge in [0.05, 0.1) is 23.2 Å². The van der Waals surface area contributed by atoms with E-state index in [-0.39, 0.29) is 17.5 Å². The molecule has 1 atom stereocenters. The van der Waals surface area contributed by atoms with Crippen LogP contribution in [-0.4, -0.2) is 25.8 Å². The molecule has 0 fully saturated rings. The summed E-state index contributed by atoms with van der Waals surface area (Å²) in [4.78, 5) is 18.6. The Morgan fingerprint density at radius 3 is 2.18 bits per heavy atom. The number of oxazole rings is 2. The zero-order valence-electron chi connectivity index (χ0n) is 8.61. The van der Waals surface area contributed by atoms with Crippen molar-refractivity contribution < 1.29 is 17.8 Å². The molecular weight excluding hydrogens is 246 g/mol. The van der Waals surface area contributed by atoms with E-state index in [9.17, 15) is 9.00 Å². The van der Waals surface area contributed by atoms with Crippen LogP contribution in [0.1, 0.15) is 17.0 Å². The fourth-order valence-corrected chi connectivity index (χ4v) is 2.41. The lowest BCUT2D eigenvalue weighted by Crippen LogP contribution is -2.23. The van der Waals surface area contributed by atoms with E-state index in [1.54, 1.807) is 0 Å². The number of aromatic nitrogens is 2. The molecule has 0 aliphatic rings. The van der Waals surface area contributed by atoms with Crippen LogP contribution in [0, 0.1) is 0 Å². The quantitative estimate of drug-likeness (QED) is 0.803. The maximum absolute atomic E-state index is 12.0. The summed E-state index contributed by atoms with van der Waals surface area (Å²) in [5, 5.41) is -0.826. The van der Waals surface area contributed by atoms with Gasteiger partial charge in [0.25, 0.3) is 0 Å². The van der Waals surface area contributed by atoms with Gasteiger partial charge in [0.15, 0.2) is 5.25 Å². The highest BCUT2D eigenvalue weighted by molar-refractivity contribution is 7.86. The molecule has 0 saturated carbocycles. The Morgan fingerprint density at radius 2 is 1.82 bits per heavy atom. The molecular formula is C9H9N3O4S. The third-order valence-electron chi connectivity index (χ3n) is 1.90. The predicted molar refractivity (Wildman–Crippen MR) is 57.1 cm³/mol. The molecule has 2 aromatic rings. The molecule has 2 N–H and O–H groups in total. The molecule has 17 heavy (non-hydrogen) atoms. The standard InChI is InChI=1S/C9H9N3O4S/c10-6(13)5-17(14)7(8-11-1-3-15-8)9-12-2-4-16-9/h1-4,7H,5H2,(H2,10,13). The van der Waals surface area contributed by atoms with Crippen molar-refractivity contribution in [2.45, 2.75) is 5.25 Å². The second-order valence-corrected chi connectivity index (χ2v) is 4.63. The average molecular weight is 255 g/mol. The van der Waals surface area contributed by atoms with Crippen LogP contribution in [0.3, 0.4) is 0 Å². The van der Waals surface area contributed by atoms with E-state index in [1.807, 2.05) is 0 Å². The van der Waals surface area contributed by atoms with E-state index in [0.717, 1.165) is 0 Å². The van der Waals surface area contributed by atoms with Gasteiger partial charge in [-0.2, -0.15) is 0 Å². The largest absolute Gasteiger partial charge is 0.447 e. The van der Waals surface area contributed by atoms with Crippen molar-refractivity contribution in [1.82, 2.24) is 9.97 Å². The maximum atomic E-state index is 12.0. The van der Waals surface area contributed by atoms with Crippen molar-refractivity contribution in [2.75, 3.05) is 5.75 Å². The summed E-state index contributed by atoms with van der Waals surface area (Å²) in [6.07, 6.45) is 5.50. The van der Waals surface area contributed by atoms with Crippen LogP contribution in [0.5, 0.6) is 0 Å². The Morgan fingerprint density at radius 1 is 1.29 bits per heavy atom. The highest BCUT2D eigenvalue weighted by Crippen LogP contribution is 2.25. The van der Waals surface area contributed by atoms with Crippen LogP contribution in [-0.2, 0) is 15.6 Å². The number of hydrogen-bond acceptors (Lipinski definition) is 6. The van der Waals surface area contributed by atoms with Crippen LogP contribution >= 0.6 is 0 Å². The molecule has 1 unspecified atom stereocenters. The Kier molecular flexibility index (Phi) is 3.33. The van der Waals surface area contributed by atoms with Crippen LogP contribution in [0.25, 0.3) is 0 Å². The molecule has 2 aromatic heterocycles. The molecule has 0 aliphatic carbocycles. The second kappa shape index (κ2) is 4.91. The van der Waals surface area contributed by atoms with Crippen molar-refractivity contribution in [3.63, 3.8) is 0 Å². The first-order valence-corrected chi connectivity index (χ1v) is 6.01. The molecule has 1 amide bonds. The summed E-state index contributed by atoms with van der Waals surface area (Å²) >= 11 is 0. The third kappa shape index (κ3) is 2.59. The minimum Gasteiger partial charge on any atom is -0.447 e. The average Bonchev–Trinajstić information content (AvgIpc) is 2.88. The van der Waals surface area contributed by atoms with Crippen molar-refractivity contribution in [3.8, 4) is 0 Å². The number of amides is 1. The monoisotopic (exact) mass is 255 g/mol. The van der Waals surface area contributed by atoms with E-state index < -0.39 is 22.0 Å². The van der Waals surface area contributed by atoms with Gasteiger partial charge in [-0.1, -0.05) is 0 Å². The first-order chi connectivity index (χ1) is 8.18. The summed E-state index contributed by atoms with van der Waals surface area (Å²) in [7, 11) is -1.63. The van der Waals surface area contributed by atoms with Gasteiger partial charge in [-0.15, -0.1) is 0 Å². The Labute approximate surface area is 98.5 Å². The first-order valence-electron chi connectivity index (χ1n) is 4.62. The van der Waals surface area contributed by atoms with E-state index >= 15 is 0 Å². The van der Waals surface area contributed by atoms with Gasteiger partial charge in [0.1, 0.15) is 18.3 Å². The van der Waals surface area contributed by atoms with Gasteiger partial charge < -0.3 is 14.6 Å². The molecule has 2 heterocycles. The summed E-state index contributed by atoms with van der Waals surface area (Å²) in [5.41, 5.74) is 5.00. The number of nitrogens with zero attached hydrogens (tertiary/aromatic N) is 2. The van der Waals surface area contributed by atoms with Crippen molar-refractivity contribution in [2.24, 2.45) is 5.73 Å². The lowest BCUT2D eigenvalue weighted by atomic mass is 10.4. The normalized spacial score (nSPS) is 12.8. The first kappa shape index (κ1) is 11.5. The molecule has 0 spiro atoms. The molecule has 0 aliphatic heterocycles. The van der Waals surface area contributed by atoms with E-state index in [1.165, 1.54) is 24.9 Å². The number of primary amides is 1. The lowest BCUT2D eigenvalue weighted by Gasteiger charge is -2.07. The maximum Gasteiger partial charge on any atom is 0.230 e. The van der Waals surface area contributed by atoms with Gasteiger partial charge in [-0.05, 0) is 0 Å². The highest BCUT2D eigenvalue weighted by Gasteiger charge is 2.30. The van der Waals surface area contributed by atoms with Crippen LogP contribution < -0.4 is 5.73 Å². The minimum absolute atomic E-state index is 0.173. The topological polar surface area (TPSA) is 112 Å². The van der Waals surface area contributed by atoms with Crippen molar-refractivity contribution >= 4 is 16.7 Å². The Hall–Kier alpha value is -1.96. The zero-order chi connectivity index (χ0) is 12.3. The number of nitrogens with two attached hydrogens (primary N) is 1. The SMILES string of the molecule is NC(=O)CS(=O)C(c1ncco1)c1ncco1. The van der Waals surface area contributed by atoms with Gasteiger partial charge in [0.2, 0.25) is 17.7 Å². The molecule has 8 heteroatoms. The molecule has 0 aromatic carbocycles. The third-order valence-corrected chi connectivity index (χ3v) is 3.40. The van der Waals surface area contributed by atoms with E-state index in [4.69, 9.17) is 14.6 Å². The molecule has 7 nitrogen and oxygen atoms in total. The van der Waals surface area contributed by atoms with Crippen molar-refractivity contribution in [3.05, 3.63) is 36.7 Å². The molecule has 90 valence electrons. The molecule has 0 bridgehead atoms. The van der Waals surface area contributed by atoms with Crippen LogP contribution in [0.2, 0.25) is 0 Å². The number of carbonyl (C=O) groups is 1. The fourth-order valence-electron chi connectivity index (χ4n) is 1.28. The Balaban J connectivity index is 2.32. The summed E-state index contributed by atoms with van der Waals surface area (Å²) in [6, 6.07) is 0. The minimum atomic E-state index is -1.63. The van der Waals surface area contributed by atoms with E-state index in [0.29, 0.717) is 0 Å². The van der Waals surface area contributed by atoms with Gasteiger partial charge in [-0.3, -0.25) is 9.00 Å². The Bertz CT molecular complexity index is 474. The summed E-state index contributed by atoms with van der Waals surface area (Å²) < 4.78 is 22.1. The highest BCUT2D eigenvalue weighted by atomic mass is 32.2. The molecule has 0 saturated heterocycles. The fraction of sp³-hybridized carbons (Fsp3) is 0.222.